The molecule has 0 heterocycles. The first-order valence-corrected chi connectivity index (χ1v) is 11.5. The maximum absolute atomic E-state index is 13.3. The van der Waals surface area contributed by atoms with E-state index >= 15 is 0 Å². The summed E-state index contributed by atoms with van der Waals surface area (Å²) in [6.45, 7) is 8.81. The Morgan fingerprint density at radius 1 is 1.07 bits per heavy atom. The van der Waals surface area contributed by atoms with E-state index in [1.807, 2.05) is 18.2 Å². The van der Waals surface area contributed by atoms with Crippen molar-refractivity contribution in [3.8, 4) is 0 Å². The Bertz CT molecular complexity index is 674. The molecule has 1 aromatic carbocycles. The van der Waals surface area contributed by atoms with Gasteiger partial charge in [0.25, 0.3) is 0 Å². The van der Waals surface area contributed by atoms with E-state index in [0.717, 1.165) is 31.0 Å². The number of anilines is 1. The summed E-state index contributed by atoms with van der Waals surface area (Å²) in [5.74, 6) is 1.78. The van der Waals surface area contributed by atoms with Crippen LogP contribution in [0.3, 0.4) is 0 Å². The van der Waals surface area contributed by atoms with Crippen LogP contribution in [0.25, 0.3) is 0 Å². The van der Waals surface area contributed by atoms with Gasteiger partial charge in [0.15, 0.2) is 0 Å². The van der Waals surface area contributed by atoms with E-state index in [9.17, 15) is 4.79 Å². The van der Waals surface area contributed by atoms with Crippen molar-refractivity contribution in [1.29, 1.82) is 0 Å². The lowest BCUT2D eigenvalue weighted by Gasteiger charge is -2.43. The second-order valence-electron chi connectivity index (χ2n) is 10.5. The Morgan fingerprint density at radius 3 is 2.43 bits per heavy atom. The minimum absolute atomic E-state index is 0.240. The molecule has 3 unspecified atom stereocenters. The first-order valence-electron chi connectivity index (χ1n) is 11.5. The molecule has 2 bridgehead atoms. The average molecular weight is 383 g/mol. The number of nitrogens with one attached hydrogen (secondary N) is 1. The van der Waals surface area contributed by atoms with Gasteiger partial charge in [0.2, 0.25) is 5.91 Å². The summed E-state index contributed by atoms with van der Waals surface area (Å²) < 4.78 is 0. The highest BCUT2D eigenvalue weighted by Crippen LogP contribution is 2.65. The molecule has 3 saturated carbocycles. The number of carbonyl (C=O) groups is 1. The summed E-state index contributed by atoms with van der Waals surface area (Å²) >= 11 is 0. The van der Waals surface area contributed by atoms with Crippen molar-refractivity contribution in [2.75, 3.05) is 18.0 Å². The van der Waals surface area contributed by atoms with Gasteiger partial charge in [0.05, 0.1) is 6.54 Å². The number of amides is 1. The van der Waals surface area contributed by atoms with E-state index in [4.69, 9.17) is 0 Å². The van der Waals surface area contributed by atoms with Crippen LogP contribution in [-0.4, -0.2) is 25.0 Å². The van der Waals surface area contributed by atoms with Crippen LogP contribution in [0.1, 0.15) is 72.1 Å². The molecule has 1 amide bonds. The number of benzene rings is 1. The maximum atomic E-state index is 13.3. The fraction of sp³-hybridized carbons (Fsp3) is 0.720. The van der Waals surface area contributed by atoms with Crippen molar-refractivity contribution in [3.63, 3.8) is 0 Å². The largest absolute Gasteiger partial charge is 0.308 e. The maximum Gasteiger partial charge on any atom is 0.241 e. The summed E-state index contributed by atoms with van der Waals surface area (Å²) in [6, 6.07) is 10.7. The van der Waals surface area contributed by atoms with E-state index in [-0.39, 0.29) is 5.91 Å². The SMILES string of the molecule is CC12CCC(C1)C(C)(C)C2CNCC(=O)N(c1ccccc1)C1CCCCC1. The van der Waals surface area contributed by atoms with Crippen molar-refractivity contribution in [2.24, 2.45) is 22.7 Å². The van der Waals surface area contributed by atoms with Gasteiger partial charge in [-0.25, -0.2) is 0 Å². The fourth-order valence-corrected chi connectivity index (χ4v) is 6.81. The highest BCUT2D eigenvalue weighted by molar-refractivity contribution is 5.95. The van der Waals surface area contributed by atoms with Crippen molar-refractivity contribution >= 4 is 11.6 Å². The third-order valence-corrected chi connectivity index (χ3v) is 8.44. The highest BCUT2D eigenvalue weighted by atomic mass is 16.2. The molecule has 3 fully saturated rings. The predicted octanol–water partition coefficient (Wildman–Crippen LogP) is 5.40. The van der Waals surface area contributed by atoms with Gasteiger partial charge in [0, 0.05) is 11.7 Å². The monoisotopic (exact) mass is 382 g/mol. The lowest BCUT2D eigenvalue weighted by molar-refractivity contribution is -0.118. The zero-order valence-electron chi connectivity index (χ0n) is 18.0. The standard InChI is InChI=1S/C25H38N2O/c1-24(2)19-14-15-25(3,16-19)22(24)17-26-18-23(28)27(20-10-6-4-7-11-20)21-12-8-5-9-13-21/h4,6-7,10-11,19,21-22,26H,5,8-9,12-18H2,1-3H3. The van der Waals surface area contributed by atoms with Gasteiger partial charge in [-0.15, -0.1) is 0 Å². The number of hydrogen-bond acceptors (Lipinski definition) is 2. The van der Waals surface area contributed by atoms with Crippen LogP contribution in [0.2, 0.25) is 0 Å². The Balaban J connectivity index is 1.41. The molecule has 3 heteroatoms. The van der Waals surface area contributed by atoms with E-state index in [0.29, 0.717) is 29.3 Å². The van der Waals surface area contributed by atoms with E-state index in [1.54, 1.807) is 0 Å². The lowest BCUT2D eigenvalue weighted by atomic mass is 9.64. The first kappa shape index (κ1) is 19.9. The number of nitrogens with zero attached hydrogens (tertiary/aromatic N) is 1. The first-order chi connectivity index (χ1) is 13.4. The van der Waals surface area contributed by atoms with Crippen molar-refractivity contribution in [1.82, 2.24) is 5.32 Å². The van der Waals surface area contributed by atoms with Crippen LogP contribution >= 0.6 is 0 Å². The Kier molecular flexibility index (Phi) is 5.57. The Hall–Kier alpha value is -1.35. The van der Waals surface area contributed by atoms with Crippen LogP contribution in [0.5, 0.6) is 0 Å². The molecule has 3 aliphatic rings. The molecule has 1 aromatic rings. The minimum Gasteiger partial charge on any atom is -0.308 e. The molecule has 3 atom stereocenters. The second-order valence-corrected chi connectivity index (χ2v) is 10.5. The molecular formula is C25H38N2O. The van der Waals surface area contributed by atoms with Crippen LogP contribution in [0.4, 0.5) is 5.69 Å². The topological polar surface area (TPSA) is 32.3 Å². The van der Waals surface area contributed by atoms with Crippen LogP contribution < -0.4 is 10.2 Å². The minimum atomic E-state index is 0.240. The Labute approximate surface area is 171 Å². The molecule has 3 aliphatic carbocycles. The smallest absolute Gasteiger partial charge is 0.241 e. The van der Waals surface area contributed by atoms with Gasteiger partial charge >= 0.3 is 0 Å². The van der Waals surface area contributed by atoms with Gasteiger partial charge in [-0.3, -0.25) is 4.79 Å². The zero-order valence-corrected chi connectivity index (χ0v) is 18.0. The van der Waals surface area contributed by atoms with E-state index < -0.39 is 0 Å². The number of hydrogen-bond donors (Lipinski definition) is 1. The second kappa shape index (κ2) is 7.82. The molecule has 154 valence electrons. The van der Waals surface area contributed by atoms with E-state index in [2.05, 4.69) is 43.1 Å². The van der Waals surface area contributed by atoms with Gasteiger partial charge < -0.3 is 10.2 Å². The summed E-state index contributed by atoms with van der Waals surface area (Å²) in [6.07, 6.45) is 10.2. The number of carbonyl (C=O) groups excluding carboxylic acids is 1. The quantitative estimate of drug-likeness (QED) is 0.714. The van der Waals surface area contributed by atoms with Crippen molar-refractivity contribution in [2.45, 2.75) is 78.2 Å². The molecule has 0 saturated heterocycles. The summed E-state index contributed by atoms with van der Waals surface area (Å²) in [5, 5.41) is 3.59. The number of fused-ring (bicyclic) bond motifs is 2. The van der Waals surface area contributed by atoms with Gasteiger partial charge in [-0.2, -0.15) is 0 Å². The van der Waals surface area contributed by atoms with Crippen molar-refractivity contribution < 1.29 is 4.79 Å². The van der Waals surface area contributed by atoms with Crippen molar-refractivity contribution in [3.05, 3.63) is 30.3 Å². The van der Waals surface area contributed by atoms with Gasteiger partial charge in [-0.05, 0) is 73.4 Å². The highest BCUT2D eigenvalue weighted by Gasteiger charge is 2.58. The fourth-order valence-electron chi connectivity index (χ4n) is 6.81. The van der Waals surface area contributed by atoms with Crippen LogP contribution in [-0.2, 0) is 4.79 Å². The number of para-hydroxylation sites is 1. The zero-order chi connectivity index (χ0) is 19.8. The molecular weight excluding hydrogens is 344 g/mol. The predicted molar refractivity (Wildman–Crippen MR) is 116 cm³/mol. The molecule has 28 heavy (non-hydrogen) atoms. The van der Waals surface area contributed by atoms with Crippen LogP contribution in [0.15, 0.2) is 30.3 Å². The Morgan fingerprint density at radius 2 is 1.79 bits per heavy atom. The lowest BCUT2D eigenvalue weighted by Crippen LogP contribution is -2.48. The third kappa shape index (κ3) is 3.63. The summed E-state index contributed by atoms with van der Waals surface area (Å²) in [4.78, 5) is 15.4. The molecule has 0 aromatic heterocycles. The molecule has 0 radical (unpaired) electrons. The average Bonchev–Trinajstić information content (AvgIpc) is 3.17. The molecule has 4 rings (SSSR count). The normalized spacial score (nSPS) is 31.8. The molecule has 3 nitrogen and oxygen atoms in total. The molecule has 0 spiro atoms. The van der Waals surface area contributed by atoms with Gasteiger partial charge in [-0.1, -0.05) is 58.2 Å². The molecule has 1 N–H and O–H groups in total. The molecule has 0 aliphatic heterocycles. The van der Waals surface area contributed by atoms with Crippen LogP contribution in [0, 0.1) is 22.7 Å². The van der Waals surface area contributed by atoms with Gasteiger partial charge in [0.1, 0.15) is 0 Å². The summed E-state index contributed by atoms with van der Waals surface area (Å²) in [5.41, 5.74) is 1.92. The third-order valence-electron chi connectivity index (χ3n) is 8.44. The van der Waals surface area contributed by atoms with E-state index in [1.165, 1.54) is 38.5 Å². The number of rotatable bonds is 6. The summed E-state index contributed by atoms with van der Waals surface area (Å²) in [7, 11) is 0.